The van der Waals surface area contributed by atoms with Gasteiger partial charge in [-0.2, -0.15) is 0 Å². The summed E-state index contributed by atoms with van der Waals surface area (Å²) in [6.07, 6.45) is 1.59. The SMILES string of the molecule is CC(c1cccc([N+](=O)[O-])c1)N(C)C(=O)CCn1cnc2sccc2c1=O. The summed E-state index contributed by atoms with van der Waals surface area (Å²) >= 11 is 1.40. The summed E-state index contributed by atoms with van der Waals surface area (Å²) in [6, 6.07) is 7.63. The Morgan fingerprint density at radius 2 is 2.19 bits per heavy atom. The molecule has 1 aromatic carbocycles. The van der Waals surface area contributed by atoms with Gasteiger partial charge in [-0.05, 0) is 23.9 Å². The van der Waals surface area contributed by atoms with Gasteiger partial charge in [0, 0.05) is 32.1 Å². The second kappa shape index (κ2) is 7.67. The van der Waals surface area contributed by atoms with Crippen LogP contribution >= 0.6 is 11.3 Å². The van der Waals surface area contributed by atoms with Crippen LogP contribution < -0.4 is 5.56 Å². The predicted molar refractivity (Wildman–Crippen MR) is 103 cm³/mol. The van der Waals surface area contributed by atoms with Crippen LogP contribution in [0.3, 0.4) is 0 Å². The molecule has 27 heavy (non-hydrogen) atoms. The van der Waals surface area contributed by atoms with Crippen molar-refractivity contribution >= 4 is 33.1 Å². The number of carbonyl (C=O) groups excluding carboxylic acids is 1. The molecule has 0 N–H and O–H groups in total. The van der Waals surface area contributed by atoms with E-state index in [0.29, 0.717) is 15.8 Å². The fraction of sp³-hybridized carbons (Fsp3) is 0.278. The van der Waals surface area contributed by atoms with Crippen molar-refractivity contribution in [3.63, 3.8) is 0 Å². The Kier molecular flexibility index (Phi) is 5.31. The average Bonchev–Trinajstić information content (AvgIpc) is 3.15. The molecule has 3 aromatic rings. The number of amides is 1. The van der Waals surface area contributed by atoms with E-state index < -0.39 is 4.92 Å². The quantitative estimate of drug-likeness (QED) is 0.479. The molecule has 0 bridgehead atoms. The van der Waals surface area contributed by atoms with Gasteiger partial charge in [0.05, 0.1) is 22.7 Å². The fourth-order valence-electron chi connectivity index (χ4n) is 2.78. The summed E-state index contributed by atoms with van der Waals surface area (Å²) in [6.45, 7) is 2.03. The molecular formula is C18H18N4O4S. The maximum Gasteiger partial charge on any atom is 0.269 e. The first kappa shape index (κ1) is 18.7. The van der Waals surface area contributed by atoms with Gasteiger partial charge in [0.15, 0.2) is 0 Å². The molecule has 9 heteroatoms. The van der Waals surface area contributed by atoms with Crippen LogP contribution in [0.25, 0.3) is 10.2 Å². The Morgan fingerprint density at radius 1 is 1.41 bits per heavy atom. The highest BCUT2D eigenvalue weighted by Gasteiger charge is 2.19. The number of benzene rings is 1. The summed E-state index contributed by atoms with van der Waals surface area (Å²) < 4.78 is 1.43. The van der Waals surface area contributed by atoms with Gasteiger partial charge in [0.2, 0.25) is 5.91 Å². The molecule has 2 aromatic heterocycles. The van der Waals surface area contributed by atoms with E-state index in [-0.39, 0.29) is 36.2 Å². The maximum atomic E-state index is 12.5. The molecule has 2 heterocycles. The van der Waals surface area contributed by atoms with Crippen molar-refractivity contribution in [2.45, 2.75) is 25.9 Å². The monoisotopic (exact) mass is 386 g/mol. The molecule has 0 aliphatic carbocycles. The number of rotatable bonds is 6. The van der Waals surface area contributed by atoms with E-state index in [1.165, 1.54) is 39.3 Å². The molecule has 3 rings (SSSR count). The van der Waals surface area contributed by atoms with Crippen LogP contribution in [0.15, 0.2) is 46.8 Å². The first-order valence-corrected chi connectivity index (χ1v) is 9.19. The molecule has 0 aliphatic rings. The Labute approximate surface area is 158 Å². The lowest BCUT2D eigenvalue weighted by atomic mass is 10.1. The molecule has 0 saturated carbocycles. The number of hydrogen-bond donors (Lipinski definition) is 0. The molecular weight excluding hydrogens is 368 g/mol. The smallest absolute Gasteiger partial charge is 0.269 e. The van der Waals surface area contributed by atoms with Crippen LogP contribution in [0.1, 0.15) is 24.9 Å². The van der Waals surface area contributed by atoms with Gasteiger partial charge in [0.1, 0.15) is 4.83 Å². The topological polar surface area (TPSA) is 98.3 Å². The van der Waals surface area contributed by atoms with E-state index in [2.05, 4.69) is 4.98 Å². The van der Waals surface area contributed by atoms with Crippen LogP contribution in [0, 0.1) is 10.1 Å². The lowest BCUT2D eigenvalue weighted by molar-refractivity contribution is -0.384. The summed E-state index contributed by atoms with van der Waals surface area (Å²) in [5.41, 5.74) is 0.504. The fourth-order valence-corrected chi connectivity index (χ4v) is 3.51. The zero-order valence-corrected chi connectivity index (χ0v) is 15.7. The maximum absolute atomic E-state index is 12.5. The Hall–Kier alpha value is -3.07. The highest BCUT2D eigenvalue weighted by molar-refractivity contribution is 7.16. The van der Waals surface area contributed by atoms with Gasteiger partial charge >= 0.3 is 0 Å². The number of hydrogen-bond acceptors (Lipinski definition) is 6. The lowest BCUT2D eigenvalue weighted by Gasteiger charge is -2.25. The number of fused-ring (bicyclic) bond motifs is 1. The lowest BCUT2D eigenvalue weighted by Crippen LogP contribution is -2.31. The average molecular weight is 386 g/mol. The van der Waals surface area contributed by atoms with Crippen molar-refractivity contribution in [1.29, 1.82) is 0 Å². The Balaban J connectivity index is 1.69. The molecule has 8 nitrogen and oxygen atoms in total. The van der Waals surface area contributed by atoms with Crippen molar-refractivity contribution in [2.24, 2.45) is 0 Å². The van der Waals surface area contributed by atoms with E-state index in [4.69, 9.17) is 0 Å². The van der Waals surface area contributed by atoms with Gasteiger partial charge in [-0.25, -0.2) is 4.98 Å². The van der Waals surface area contributed by atoms with E-state index in [9.17, 15) is 19.7 Å². The summed E-state index contributed by atoms with van der Waals surface area (Å²) in [4.78, 5) is 41.8. The highest BCUT2D eigenvalue weighted by atomic mass is 32.1. The molecule has 0 fully saturated rings. The minimum absolute atomic E-state index is 0.0121. The summed E-state index contributed by atoms with van der Waals surface area (Å²) in [5, 5.41) is 13.3. The van der Waals surface area contributed by atoms with Crippen LogP contribution in [0.5, 0.6) is 0 Å². The zero-order valence-electron chi connectivity index (χ0n) is 14.9. The third-order valence-electron chi connectivity index (χ3n) is 4.55. The Bertz CT molecular complexity index is 1060. The van der Waals surface area contributed by atoms with Gasteiger partial charge in [-0.15, -0.1) is 11.3 Å². The van der Waals surface area contributed by atoms with Gasteiger partial charge < -0.3 is 4.90 Å². The van der Waals surface area contributed by atoms with Crippen LogP contribution in [0.2, 0.25) is 0 Å². The zero-order chi connectivity index (χ0) is 19.6. The van der Waals surface area contributed by atoms with E-state index in [1.54, 1.807) is 25.2 Å². The van der Waals surface area contributed by atoms with Crippen molar-refractivity contribution in [3.8, 4) is 0 Å². The summed E-state index contributed by atoms with van der Waals surface area (Å²) in [7, 11) is 1.65. The number of carbonyl (C=O) groups is 1. The molecule has 0 saturated heterocycles. The summed E-state index contributed by atoms with van der Waals surface area (Å²) in [5.74, 6) is -0.161. The van der Waals surface area contributed by atoms with E-state index in [0.717, 1.165) is 0 Å². The molecule has 0 aliphatic heterocycles. The van der Waals surface area contributed by atoms with Gasteiger partial charge in [0.25, 0.3) is 11.2 Å². The molecule has 140 valence electrons. The highest BCUT2D eigenvalue weighted by Crippen LogP contribution is 2.23. The second-order valence-electron chi connectivity index (χ2n) is 6.17. The minimum Gasteiger partial charge on any atom is -0.339 e. The number of thiophene rings is 1. The van der Waals surface area contributed by atoms with Crippen LogP contribution in [-0.2, 0) is 11.3 Å². The predicted octanol–water partition coefficient (Wildman–Crippen LogP) is 2.98. The van der Waals surface area contributed by atoms with Crippen molar-refractivity contribution in [2.75, 3.05) is 7.05 Å². The van der Waals surface area contributed by atoms with Crippen molar-refractivity contribution < 1.29 is 9.72 Å². The first-order valence-electron chi connectivity index (χ1n) is 8.31. The Morgan fingerprint density at radius 3 is 2.93 bits per heavy atom. The first-order chi connectivity index (χ1) is 12.9. The van der Waals surface area contributed by atoms with Gasteiger partial charge in [-0.3, -0.25) is 24.3 Å². The van der Waals surface area contributed by atoms with E-state index in [1.807, 2.05) is 12.3 Å². The molecule has 0 radical (unpaired) electrons. The van der Waals surface area contributed by atoms with Crippen LogP contribution in [0.4, 0.5) is 5.69 Å². The van der Waals surface area contributed by atoms with E-state index >= 15 is 0 Å². The standard InChI is InChI=1S/C18H18N4O4S/c1-12(13-4-3-5-14(10-13)22(25)26)20(2)16(23)6-8-21-11-19-17-15(18(21)24)7-9-27-17/h3-5,7,9-12H,6,8H2,1-2H3. The molecule has 1 unspecified atom stereocenters. The van der Waals surface area contributed by atoms with Crippen molar-refractivity contribution in [3.05, 3.63) is 68.1 Å². The third kappa shape index (κ3) is 3.87. The number of nitrogens with zero attached hydrogens (tertiary/aromatic N) is 4. The molecule has 1 amide bonds. The molecule has 0 spiro atoms. The second-order valence-corrected chi connectivity index (χ2v) is 7.06. The number of nitro groups is 1. The van der Waals surface area contributed by atoms with Crippen molar-refractivity contribution in [1.82, 2.24) is 14.5 Å². The third-order valence-corrected chi connectivity index (χ3v) is 5.38. The number of aromatic nitrogens is 2. The van der Waals surface area contributed by atoms with Crippen LogP contribution in [-0.4, -0.2) is 32.3 Å². The number of non-ortho nitro benzene ring substituents is 1. The minimum atomic E-state index is -0.460. The van der Waals surface area contributed by atoms with Gasteiger partial charge in [-0.1, -0.05) is 12.1 Å². The number of nitro benzene ring substituents is 1. The largest absolute Gasteiger partial charge is 0.339 e. The molecule has 1 atom stereocenters. The number of aryl methyl sites for hydroxylation is 1. The normalized spacial score (nSPS) is 12.1.